The van der Waals surface area contributed by atoms with Crippen LogP contribution in [0.5, 0.6) is 0 Å². The molecule has 2 N–H and O–H groups in total. The standard InChI is InChI=1S/C24H29N7O/c1-29-8-10-31(11-9-29)7-6-25-22(32)13-17-4-3-5-18(12-17)21-14-20-23-19(16-27-30(23)2)15-26-24(20)28-21/h3-5,12,14-16,27H,6-11,13H2,1-2H3,(H,25,32). The molecule has 166 valence electrons. The molecule has 1 amide bonds. The van der Waals surface area contributed by atoms with E-state index in [1.165, 1.54) is 0 Å². The predicted octanol–water partition coefficient (Wildman–Crippen LogP) is 2.02. The van der Waals surface area contributed by atoms with Crippen LogP contribution in [0.1, 0.15) is 5.56 Å². The molecule has 8 heteroatoms. The number of H-pyrrole nitrogens is 1. The Bertz CT molecular complexity index is 1250. The number of carbonyl (C=O) groups excluding carboxylic acids is 1. The molecule has 0 unspecified atom stereocenters. The smallest absolute Gasteiger partial charge is 0.224 e. The van der Waals surface area contributed by atoms with E-state index < -0.39 is 0 Å². The largest absolute Gasteiger partial charge is 0.355 e. The molecular weight excluding hydrogens is 402 g/mol. The fourth-order valence-electron chi connectivity index (χ4n) is 4.40. The number of aromatic amines is 1. The van der Waals surface area contributed by atoms with Crippen molar-refractivity contribution in [3.63, 3.8) is 0 Å². The molecule has 1 aliphatic rings. The Hall–Kier alpha value is -3.23. The van der Waals surface area contributed by atoms with Crippen molar-refractivity contribution in [3.05, 3.63) is 48.3 Å². The maximum Gasteiger partial charge on any atom is 0.224 e. The lowest BCUT2D eigenvalue weighted by Crippen LogP contribution is -2.47. The molecule has 0 saturated carbocycles. The minimum Gasteiger partial charge on any atom is -0.355 e. The number of likely N-dealkylation sites (N-methyl/N-ethyl adjacent to an activating group) is 1. The molecule has 5 rings (SSSR count). The number of benzene rings is 1. The van der Waals surface area contributed by atoms with Gasteiger partial charge in [-0.2, -0.15) is 0 Å². The first-order chi connectivity index (χ1) is 15.6. The summed E-state index contributed by atoms with van der Waals surface area (Å²) in [6.07, 6.45) is 4.15. The fraction of sp³-hybridized carbons (Fsp3) is 0.375. The topological polar surface area (TPSA) is 82.1 Å². The molecule has 3 aromatic heterocycles. The van der Waals surface area contributed by atoms with Crippen molar-refractivity contribution in [2.75, 3.05) is 46.3 Å². The first kappa shape index (κ1) is 20.7. The van der Waals surface area contributed by atoms with Crippen LogP contribution >= 0.6 is 0 Å². The number of nitrogens with zero attached hydrogens (tertiary/aromatic N) is 5. The van der Waals surface area contributed by atoms with Crippen LogP contribution in [0.2, 0.25) is 0 Å². The molecule has 0 atom stereocenters. The summed E-state index contributed by atoms with van der Waals surface area (Å²) in [7, 11) is 4.13. The number of hydrogen-bond acceptors (Lipinski definition) is 5. The zero-order chi connectivity index (χ0) is 22.1. The summed E-state index contributed by atoms with van der Waals surface area (Å²) in [4.78, 5) is 26.5. The number of hydrogen-bond donors (Lipinski definition) is 2. The second-order valence-corrected chi connectivity index (χ2v) is 8.65. The zero-order valence-corrected chi connectivity index (χ0v) is 18.6. The Balaban J connectivity index is 1.25. The summed E-state index contributed by atoms with van der Waals surface area (Å²) in [5.74, 6) is 0.0552. The van der Waals surface area contributed by atoms with Gasteiger partial charge < -0.3 is 15.3 Å². The van der Waals surface area contributed by atoms with Crippen molar-refractivity contribution in [3.8, 4) is 11.3 Å². The predicted molar refractivity (Wildman–Crippen MR) is 126 cm³/mol. The lowest BCUT2D eigenvalue weighted by molar-refractivity contribution is -0.120. The van der Waals surface area contributed by atoms with Crippen molar-refractivity contribution in [1.82, 2.24) is 34.9 Å². The highest BCUT2D eigenvalue weighted by Gasteiger charge is 2.14. The third-order valence-corrected chi connectivity index (χ3v) is 6.29. The molecular formula is C24H29N7O. The van der Waals surface area contributed by atoms with Crippen molar-refractivity contribution in [1.29, 1.82) is 0 Å². The van der Waals surface area contributed by atoms with Crippen LogP contribution in [-0.4, -0.2) is 81.8 Å². The van der Waals surface area contributed by atoms with Gasteiger partial charge in [0.2, 0.25) is 5.91 Å². The van der Waals surface area contributed by atoms with Gasteiger partial charge in [0.25, 0.3) is 0 Å². The van der Waals surface area contributed by atoms with Gasteiger partial charge in [-0.3, -0.25) is 14.4 Å². The molecule has 32 heavy (non-hydrogen) atoms. The van der Waals surface area contributed by atoms with Gasteiger partial charge in [-0.15, -0.1) is 0 Å². The SMILES string of the molecule is CN1CCN(CCNC(=O)Cc2cccc(-c3cc4c(ncc5c[nH]n(C)c54)n3)c2)CC1. The van der Waals surface area contributed by atoms with Gasteiger partial charge in [0.05, 0.1) is 17.6 Å². The van der Waals surface area contributed by atoms with Crippen LogP contribution in [0.3, 0.4) is 0 Å². The quantitative estimate of drug-likeness (QED) is 0.488. The van der Waals surface area contributed by atoms with Gasteiger partial charge in [-0.05, 0) is 24.7 Å². The lowest BCUT2D eigenvalue weighted by atomic mass is 10.1. The van der Waals surface area contributed by atoms with Crippen LogP contribution in [-0.2, 0) is 18.3 Å². The van der Waals surface area contributed by atoms with Gasteiger partial charge in [0, 0.05) is 75.0 Å². The Kier molecular flexibility index (Phi) is 5.63. The normalized spacial score (nSPS) is 15.6. The van der Waals surface area contributed by atoms with E-state index in [1.54, 1.807) is 0 Å². The van der Waals surface area contributed by atoms with Gasteiger partial charge in [0.15, 0.2) is 5.65 Å². The molecule has 8 nitrogen and oxygen atoms in total. The molecule has 1 saturated heterocycles. The average Bonchev–Trinajstić information content (AvgIpc) is 3.39. The number of rotatable bonds is 6. The third kappa shape index (κ3) is 4.24. The molecule has 4 aromatic rings. The molecule has 1 aromatic carbocycles. The second kappa shape index (κ2) is 8.72. The summed E-state index contributed by atoms with van der Waals surface area (Å²) in [5.41, 5.74) is 4.67. The van der Waals surface area contributed by atoms with Crippen LogP contribution in [0.25, 0.3) is 33.2 Å². The Morgan fingerprint density at radius 3 is 2.84 bits per heavy atom. The summed E-state index contributed by atoms with van der Waals surface area (Å²) in [5, 5.41) is 8.33. The first-order valence-corrected chi connectivity index (χ1v) is 11.1. The summed E-state index contributed by atoms with van der Waals surface area (Å²) in [6, 6.07) is 10.1. The maximum atomic E-state index is 12.5. The molecule has 0 radical (unpaired) electrons. The molecule has 0 aliphatic carbocycles. The van der Waals surface area contributed by atoms with Gasteiger partial charge in [0.1, 0.15) is 0 Å². The Labute approximate surface area is 187 Å². The number of piperazine rings is 1. The van der Waals surface area contributed by atoms with Crippen molar-refractivity contribution in [2.45, 2.75) is 6.42 Å². The summed E-state index contributed by atoms with van der Waals surface area (Å²) >= 11 is 0. The fourth-order valence-corrected chi connectivity index (χ4v) is 4.40. The van der Waals surface area contributed by atoms with Crippen LogP contribution in [0.15, 0.2) is 42.7 Å². The molecule has 4 heterocycles. The van der Waals surface area contributed by atoms with Gasteiger partial charge >= 0.3 is 0 Å². The van der Waals surface area contributed by atoms with Gasteiger partial charge in [-0.25, -0.2) is 9.97 Å². The third-order valence-electron chi connectivity index (χ3n) is 6.29. The van der Waals surface area contributed by atoms with E-state index in [-0.39, 0.29) is 5.91 Å². The highest BCUT2D eigenvalue weighted by molar-refractivity contribution is 6.04. The molecule has 0 spiro atoms. The number of aromatic nitrogens is 4. The van der Waals surface area contributed by atoms with E-state index in [0.29, 0.717) is 13.0 Å². The maximum absolute atomic E-state index is 12.5. The van der Waals surface area contributed by atoms with Crippen molar-refractivity contribution >= 4 is 27.8 Å². The van der Waals surface area contributed by atoms with E-state index in [4.69, 9.17) is 4.98 Å². The summed E-state index contributed by atoms with van der Waals surface area (Å²) < 4.78 is 1.98. The van der Waals surface area contributed by atoms with E-state index in [2.05, 4.69) is 44.4 Å². The van der Waals surface area contributed by atoms with Gasteiger partial charge in [-0.1, -0.05) is 18.2 Å². The Morgan fingerprint density at radius 2 is 2.00 bits per heavy atom. The van der Waals surface area contributed by atoms with E-state index in [9.17, 15) is 4.79 Å². The highest BCUT2D eigenvalue weighted by Crippen LogP contribution is 2.28. The summed E-state index contributed by atoms with van der Waals surface area (Å²) in [6.45, 7) is 5.91. The number of carbonyl (C=O) groups is 1. The number of nitrogens with one attached hydrogen (secondary N) is 2. The second-order valence-electron chi connectivity index (χ2n) is 8.65. The van der Waals surface area contributed by atoms with E-state index >= 15 is 0 Å². The number of amides is 1. The number of fused-ring (bicyclic) bond motifs is 3. The van der Waals surface area contributed by atoms with Crippen LogP contribution in [0.4, 0.5) is 0 Å². The number of pyridine rings is 1. The monoisotopic (exact) mass is 431 g/mol. The highest BCUT2D eigenvalue weighted by atomic mass is 16.1. The van der Waals surface area contributed by atoms with E-state index in [0.717, 1.165) is 71.5 Å². The number of aryl methyl sites for hydroxylation is 1. The molecule has 1 fully saturated rings. The minimum absolute atomic E-state index is 0.0552. The minimum atomic E-state index is 0.0552. The van der Waals surface area contributed by atoms with Crippen LogP contribution < -0.4 is 5.32 Å². The molecule has 0 bridgehead atoms. The average molecular weight is 432 g/mol. The zero-order valence-electron chi connectivity index (χ0n) is 18.6. The molecule has 1 aliphatic heterocycles. The van der Waals surface area contributed by atoms with E-state index in [1.807, 2.05) is 42.3 Å². The lowest BCUT2D eigenvalue weighted by Gasteiger charge is -2.32. The first-order valence-electron chi connectivity index (χ1n) is 11.1. The van der Waals surface area contributed by atoms with Crippen LogP contribution in [0, 0.1) is 0 Å². The Morgan fingerprint density at radius 1 is 1.16 bits per heavy atom. The van der Waals surface area contributed by atoms with Crippen molar-refractivity contribution in [2.24, 2.45) is 7.05 Å². The van der Waals surface area contributed by atoms with Crippen molar-refractivity contribution < 1.29 is 4.79 Å².